The van der Waals surface area contributed by atoms with Gasteiger partial charge >= 0.3 is 0 Å². The first kappa shape index (κ1) is 39.2. The molecule has 0 aliphatic heterocycles. The molecule has 0 fully saturated rings. The topological polar surface area (TPSA) is 32.6 Å². The van der Waals surface area contributed by atoms with Crippen LogP contribution in [0.3, 0.4) is 0 Å². The van der Waals surface area contributed by atoms with Crippen LogP contribution in [0.15, 0.2) is 157 Å². The van der Waals surface area contributed by atoms with Crippen LogP contribution in [-0.2, 0) is 21.9 Å². The minimum Gasteiger partial charge on any atom is -0.507 e. The molecule has 0 saturated heterocycles. The fraction of sp³-hybridized carbons (Fsp3) is 0.178. The molecule has 0 spiro atoms. The van der Waals surface area contributed by atoms with Gasteiger partial charge in [0.1, 0.15) is 5.75 Å². The molecule has 0 aliphatic rings. The fourth-order valence-corrected chi connectivity index (χ4v) is 7.66. The minimum atomic E-state index is -0.446. The molecule has 6 aromatic rings. The zero-order chi connectivity index (χ0) is 34.5. The predicted molar refractivity (Wildman–Crippen MR) is 210 cm³/mol. The van der Waals surface area contributed by atoms with Gasteiger partial charge in [-0.3, -0.25) is 4.99 Å². The van der Waals surface area contributed by atoms with Crippen LogP contribution in [0.4, 0.5) is 5.69 Å². The van der Waals surface area contributed by atoms with E-state index in [1.165, 1.54) is 15.9 Å². The van der Waals surface area contributed by atoms with Crippen molar-refractivity contribution in [3.8, 4) is 5.75 Å². The van der Waals surface area contributed by atoms with Crippen molar-refractivity contribution in [2.75, 3.05) is 0 Å². The first-order valence-electron chi connectivity index (χ1n) is 16.4. The number of hydrogen-bond acceptors (Lipinski definition) is 2. The zero-order valence-electron chi connectivity index (χ0n) is 29.6. The quantitative estimate of drug-likeness (QED) is 0.0823. The van der Waals surface area contributed by atoms with Crippen molar-refractivity contribution in [3.63, 3.8) is 0 Å². The van der Waals surface area contributed by atoms with Crippen LogP contribution in [0.2, 0.25) is 0 Å². The number of aryl methyl sites for hydroxylation is 3. The number of phenols is 1. The van der Waals surface area contributed by atoms with Crippen LogP contribution in [0.1, 0.15) is 55.5 Å². The second kappa shape index (κ2) is 19.0. The maximum absolute atomic E-state index is 10.8. The maximum atomic E-state index is 10.8. The van der Waals surface area contributed by atoms with Crippen LogP contribution in [0.25, 0.3) is 0 Å². The van der Waals surface area contributed by atoms with Gasteiger partial charge in [-0.2, -0.15) is 36.4 Å². The predicted octanol–water partition coefficient (Wildman–Crippen LogP) is 10.7. The van der Waals surface area contributed by atoms with Crippen LogP contribution >= 0.6 is 7.92 Å². The van der Waals surface area contributed by atoms with Crippen molar-refractivity contribution in [2.24, 2.45) is 4.99 Å². The normalized spacial score (nSPS) is 11.0. The summed E-state index contributed by atoms with van der Waals surface area (Å²) >= 11 is 0. The Morgan fingerprint density at radius 3 is 1.41 bits per heavy atom. The molecule has 6 rings (SSSR count). The van der Waals surface area contributed by atoms with Crippen LogP contribution in [-0.4, -0.2) is 10.8 Å². The van der Waals surface area contributed by atoms with Gasteiger partial charge in [-0.05, 0) is 79.7 Å². The second-order valence-corrected chi connectivity index (χ2v) is 15.0. The van der Waals surface area contributed by atoms with Crippen molar-refractivity contribution < 1.29 is 21.6 Å². The molecule has 6 aromatic carbocycles. The van der Waals surface area contributed by atoms with Crippen molar-refractivity contribution >= 4 is 35.2 Å². The maximum Gasteiger partial charge on any atom is 0.128 e. The van der Waals surface area contributed by atoms with Gasteiger partial charge < -0.3 is 5.11 Å². The Labute approximate surface area is 305 Å². The Balaban J connectivity index is 0.000000225. The van der Waals surface area contributed by atoms with E-state index in [4.69, 9.17) is 4.99 Å². The molecule has 254 valence electrons. The average Bonchev–Trinajstić information content (AvgIpc) is 3.10. The third-order valence-electron chi connectivity index (χ3n) is 7.82. The van der Waals surface area contributed by atoms with E-state index in [1.54, 1.807) is 0 Å². The number of benzene rings is 6. The van der Waals surface area contributed by atoms with Gasteiger partial charge in [-0.25, -0.2) is 0 Å². The Morgan fingerprint density at radius 1 is 0.612 bits per heavy atom. The number of phenolic OH excluding ortho intramolecular Hbond substituents is 1. The standard InChI is InChI=1S/C21H27NO.C18H15P.C6H5.Ni/c1-13-11-17(20(23)18(12-13)21(5,6)7)16(4)22-19-14(2)9-8-10-15(19)3;1-4-10-16(11-5-1)19(17-12-6-2-7-13-17)18-14-8-3-9-15-18;1-2-4-6-5-3-1;/h8-12,23H,1-7H3;1-15H;1-5H;/q;;-1;. The Kier molecular flexibility index (Phi) is 15.2. The summed E-state index contributed by atoms with van der Waals surface area (Å²) in [6.45, 7) is 14.5. The third kappa shape index (κ3) is 11.4. The van der Waals surface area contributed by atoms with Gasteiger partial charge in [-0.1, -0.05) is 136 Å². The number of aliphatic imine (C=N–C) groups is 1. The summed E-state index contributed by atoms with van der Waals surface area (Å²) in [5, 5.41) is 14.9. The van der Waals surface area contributed by atoms with E-state index < -0.39 is 7.92 Å². The van der Waals surface area contributed by atoms with Crippen molar-refractivity contribution in [3.05, 3.63) is 186 Å². The number of para-hydroxylation sites is 1. The van der Waals surface area contributed by atoms with E-state index in [-0.39, 0.29) is 21.9 Å². The fourth-order valence-electron chi connectivity index (χ4n) is 5.36. The van der Waals surface area contributed by atoms with E-state index in [0.717, 1.165) is 39.2 Å². The summed E-state index contributed by atoms with van der Waals surface area (Å²) in [5.41, 5.74) is 6.93. The molecule has 0 radical (unpaired) electrons. The second-order valence-electron chi connectivity index (χ2n) is 12.8. The van der Waals surface area contributed by atoms with Crippen molar-refractivity contribution in [1.82, 2.24) is 0 Å². The molecule has 4 heteroatoms. The summed E-state index contributed by atoms with van der Waals surface area (Å²) < 4.78 is 0. The molecule has 0 saturated carbocycles. The van der Waals surface area contributed by atoms with Gasteiger partial charge in [0.25, 0.3) is 0 Å². The summed E-state index contributed by atoms with van der Waals surface area (Å²) in [5.74, 6) is 0.343. The van der Waals surface area contributed by atoms with Crippen molar-refractivity contribution in [1.29, 1.82) is 0 Å². The van der Waals surface area contributed by atoms with Gasteiger partial charge in [0.2, 0.25) is 0 Å². The Hall–Kier alpha value is -4.29. The van der Waals surface area contributed by atoms with E-state index >= 15 is 0 Å². The smallest absolute Gasteiger partial charge is 0.128 e. The summed E-state index contributed by atoms with van der Waals surface area (Å²) in [6.07, 6.45) is 0. The first-order valence-corrected chi connectivity index (χ1v) is 17.7. The molecule has 0 unspecified atom stereocenters. The monoisotopic (exact) mass is 706 g/mol. The molecule has 0 atom stereocenters. The van der Waals surface area contributed by atoms with Crippen LogP contribution in [0, 0.1) is 26.8 Å². The SMILES string of the molecule is CC(=Nc1c(C)cccc1C)c1cc(C)cc(C(C)(C)C)c1O.[Ni].[c-]1ccccc1.c1ccc(P(c2ccccc2)c2ccccc2)cc1. The largest absolute Gasteiger partial charge is 0.507 e. The van der Waals surface area contributed by atoms with Crippen molar-refractivity contribution in [2.45, 2.75) is 53.9 Å². The molecule has 49 heavy (non-hydrogen) atoms. The minimum absolute atomic E-state index is 0. The van der Waals surface area contributed by atoms with E-state index in [2.05, 4.69) is 157 Å². The molecule has 2 nitrogen and oxygen atoms in total. The molecule has 0 aromatic heterocycles. The molecular formula is C45H47NNiOP-. The Morgan fingerprint density at radius 2 is 1.04 bits per heavy atom. The number of hydrogen-bond donors (Lipinski definition) is 1. The zero-order valence-corrected chi connectivity index (χ0v) is 31.5. The van der Waals surface area contributed by atoms with E-state index in [9.17, 15) is 5.11 Å². The number of aromatic hydroxyl groups is 1. The summed E-state index contributed by atoms with van der Waals surface area (Å²) in [7, 11) is -0.446. The molecule has 0 bridgehead atoms. The number of nitrogens with zero attached hydrogens (tertiary/aromatic N) is 1. The van der Waals surface area contributed by atoms with Gasteiger partial charge in [0.05, 0.1) is 5.69 Å². The molecular weight excluding hydrogens is 660 g/mol. The number of rotatable bonds is 5. The van der Waals surface area contributed by atoms with Gasteiger partial charge in [-0.15, -0.1) is 0 Å². The third-order valence-corrected chi connectivity index (χ3v) is 10.3. The van der Waals surface area contributed by atoms with Gasteiger partial charge in [0, 0.05) is 33.3 Å². The van der Waals surface area contributed by atoms with Crippen LogP contribution < -0.4 is 15.9 Å². The molecule has 0 aliphatic carbocycles. The Bertz CT molecular complexity index is 1740. The van der Waals surface area contributed by atoms with E-state index in [0.29, 0.717) is 5.75 Å². The summed E-state index contributed by atoms with van der Waals surface area (Å²) in [4.78, 5) is 4.81. The van der Waals surface area contributed by atoms with Crippen LogP contribution in [0.5, 0.6) is 5.75 Å². The van der Waals surface area contributed by atoms with Gasteiger partial charge in [0.15, 0.2) is 0 Å². The molecule has 1 N–H and O–H groups in total. The average molecular weight is 708 g/mol. The summed E-state index contributed by atoms with van der Waals surface area (Å²) in [6, 6.07) is 55.1. The molecule has 0 heterocycles. The molecule has 0 amide bonds. The van der Waals surface area contributed by atoms with E-state index in [1.807, 2.05) is 49.4 Å². The first-order chi connectivity index (χ1) is 23.1.